The lowest BCUT2D eigenvalue weighted by Crippen LogP contribution is -2.39. The predicted molar refractivity (Wildman–Crippen MR) is 134 cm³/mol. The van der Waals surface area contributed by atoms with Gasteiger partial charge in [0, 0.05) is 16.3 Å². The standard InChI is InChI=1S/C29H20ClN3O2/c30-25-16-20(14-15-21(25)24(17-31)19-8-2-1-3-9-19)33-26(18-32)22-10-5-7-13-28(22)35-29(33)23-11-4-6-12-27(23)34/h1-16,24,26,29,34H. The van der Waals surface area contributed by atoms with E-state index >= 15 is 0 Å². The zero-order chi connectivity index (χ0) is 24.4. The van der Waals surface area contributed by atoms with E-state index in [2.05, 4.69) is 12.1 Å². The van der Waals surface area contributed by atoms with E-state index in [9.17, 15) is 15.6 Å². The molecule has 1 aliphatic heterocycles. The number of fused-ring (bicyclic) bond motifs is 1. The Morgan fingerprint density at radius 3 is 2.23 bits per heavy atom. The predicted octanol–water partition coefficient (Wildman–Crippen LogP) is 6.86. The van der Waals surface area contributed by atoms with E-state index in [1.54, 1.807) is 29.2 Å². The third-order valence-corrected chi connectivity index (χ3v) is 6.49. The lowest BCUT2D eigenvalue weighted by Gasteiger charge is -2.42. The van der Waals surface area contributed by atoms with Gasteiger partial charge in [-0.2, -0.15) is 10.5 Å². The van der Waals surface area contributed by atoms with Crippen molar-refractivity contribution >= 4 is 17.3 Å². The maximum absolute atomic E-state index is 10.6. The number of benzene rings is 4. The maximum atomic E-state index is 10.6. The average molecular weight is 478 g/mol. The smallest absolute Gasteiger partial charge is 0.203 e. The summed E-state index contributed by atoms with van der Waals surface area (Å²) >= 11 is 6.74. The van der Waals surface area contributed by atoms with Crippen molar-refractivity contribution < 1.29 is 9.84 Å². The molecule has 1 N–H and O–H groups in total. The van der Waals surface area contributed by atoms with Crippen LogP contribution in [0.5, 0.6) is 11.5 Å². The minimum absolute atomic E-state index is 0.0647. The van der Waals surface area contributed by atoms with Crippen LogP contribution in [0.4, 0.5) is 5.69 Å². The van der Waals surface area contributed by atoms with Gasteiger partial charge in [-0.25, -0.2) is 0 Å². The Kier molecular flexibility index (Phi) is 6.02. The van der Waals surface area contributed by atoms with Crippen LogP contribution in [-0.2, 0) is 0 Å². The molecule has 0 fully saturated rings. The molecule has 0 saturated carbocycles. The van der Waals surface area contributed by atoms with E-state index in [1.807, 2.05) is 72.8 Å². The van der Waals surface area contributed by atoms with Crippen molar-refractivity contribution in [3.63, 3.8) is 0 Å². The largest absolute Gasteiger partial charge is 0.507 e. The Bertz CT molecular complexity index is 1460. The number of anilines is 1. The van der Waals surface area contributed by atoms with Crippen LogP contribution in [0.1, 0.15) is 40.4 Å². The van der Waals surface area contributed by atoms with Crippen LogP contribution in [0.15, 0.2) is 97.1 Å². The Hall–Kier alpha value is -4.45. The molecule has 0 amide bonds. The molecule has 0 saturated heterocycles. The number of nitriles is 2. The van der Waals surface area contributed by atoms with Gasteiger partial charge in [0.05, 0.1) is 23.6 Å². The molecule has 4 aromatic carbocycles. The van der Waals surface area contributed by atoms with Crippen LogP contribution in [0.25, 0.3) is 0 Å². The number of hydrogen-bond donors (Lipinski definition) is 1. The second kappa shape index (κ2) is 9.43. The van der Waals surface area contributed by atoms with Gasteiger partial charge >= 0.3 is 0 Å². The van der Waals surface area contributed by atoms with Crippen molar-refractivity contribution in [2.75, 3.05) is 4.90 Å². The van der Waals surface area contributed by atoms with Crippen molar-refractivity contribution in [3.8, 4) is 23.6 Å². The van der Waals surface area contributed by atoms with Gasteiger partial charge in [-0.15, -0.1) is 0 Å². The fourth-order valence-electron chi connectivity index (χ4n) is 4.48. The molecule has 0 aliphatic carbocycles. The second-order valence-corrected chi connectivity index (χ2v) is 8.59. The third-order valence-electron chi connectivity index (χ3n) is 6.16. The van der Waals surface area contributed by atoms with Gasteiger partial charge in [-0.1, -0.05) is 78.3 Å². The number of halogens is 1. The summed E-state index contributed by atoms with van der Waals surface area (Å²) in [5, 5.41) is 31.1. The number of para-hydroxylation sites is 2. The summed E-state index contributed by atoms with van der Waals surface area (Å²) in [4.78, 5) is 1.80. The van der Waals surface area contributed by atoms with E-state index < -0.39 is 18.2 Å². The van der Waals surface area contributed by atoms with E-state index in [4.69, 9.17) is 16.3 Å². The molecule has 5 rings (SSSR count). The summed E-state index contributed by atoms with van der Waals surface area (Å²) in [5.41, 5.74) is 3.41. The number of nitrogens with zero attached hydrogens (tertiary/aromatic N) is 3. The average Bonchev–Trinajstić information content (AvgIpc) is 2.90. The highest BCUT2D eigenvalue weighted by Gasteiger charge is 2.38. The molecule has 3 atom stereocenters. The highest BCUT2D eigenvalue weighted by molar-refractivity contribution is 6.31. The number of phenols is 1. The molecule has 0 aromatic heterocycles. The summed E-state index contributed by atoms with van der Waals surface area (Å²) in [6.45, 7) is 0. The van der Waals surface area contributed by atoms with Crippen LogP contribution < -0.4 is 9.64 Å². The molecule has 0 bridgehead atoms. The minimum atomic E-state index is -0.765. The monoisotopic (exact) mass is 477 g/mol. The lowest BCUT2D eigenvalue weighted by molar-refractivity contribution is 0.168. The molecule has 4 aromatic rings. The lowest BCUT2D eigenvalue weighted by atomic mass is 9.92. The quantitative estimate of drug-likeness (QED) is 0.347. The van der Waals surface area contributed by atoms with Crippen LogP contribution in [0, 0.1) is 22.7 Å². The molecule has 0 radical (unpaired) electrons. The van der Waals surface area contributed by atoms with Crippen LogP contribution >= 0.6 is 11.6 Å². The number of phenolic OH excluding ortho intramolecular Hbond substituents is 1. The zero-order valence-electron chi connectivity index (χ0n) is 18.5. The van der Waals surface area contributed by atoms with Crippen molar-refractivity contribution in [3.05, 3.63) is 124 Å². The molecule has 6 heteroatoms. The van der Waals surface area contributed by atoms with Crippen molar-refractivity contribution in [2.45, 2.75) is 18.2 Å². The fourth-order valence-corrected chi connectivity index (χ4v) is 4.77. The van der Waals surface area contributed by atoms with Crippen molar-refractivity contribution in [1.29, 1.82) is 10.5 Å². The number of aromatic hydroxyl groups is 1. The first-order valence-corrected chi connectivity index (χ1v) is 11.5. The fraction of sp³-hybridized carbons (Fsp3) is 0.103. The highest BCUT2D eigenvalue weighted by atomic mass is 35.5. The summed E-state index contributed by atoms with van der Waals surface area (Å²) in [6, 6.07) is 33.2. The Morgan fingerprint density at radius 2 is 1.54 bits per heavy atom. The van der Waals surface area contributed by atoms with Gasteiger partial charge < -0.3 is 14.7 Å². The Morgan fingerprint density at radius 1 is 0.857 bits per heavy atom. The topological polar surface area (TPSA) is 80.3 Å². The van der Waals surface area contributed by atoms with E-state index in [0.29, 0.717) is 27.6 Å². The summed E-state index contributed by atoms with van der Waals surface area (Å²) < 4.78 is 6.33. The van der Waals surface area contributed by atoms with Gasteiger partial charge in [0.2, 0.25) is 6.23 Å². The molecule has 35 heavy (non-hydrogen) atoms. The van der Waals surface area contributed by atoms with Crippen LogP contribution in [0.2, 0.25) is 5.02 Å². The highest BCUT2D eigenvalue weighted by Crippen LogP contribution is 2.47. The number of hydrogen-bond acceptors (Lipinski definition) is 5. The first-order valence-electron chi connectivity index (χ1n) is 11.1. The zero-order valence-corrected chi connectivity index (χ0v) is 19.3. The minimum Gasteiger partial charge on any atom is -0.507 e. The Labute approximate surface area is 208 Å². The van der Waals surface area contributed by atoms with E-state index in [1.165, 1.54) is 0 Å². The van der Waals surface area contributed by atoms with Crippen LogP contribution in [0.3, 0.4) is 0 Å². The summed E-state index contributed by atoms with van der Waals surface area (Å²) in [6.07, 6.45) is -0.765. The summed E-state index contributed by atoms with van der Waals surface area (Å²) in [7, 11) is 0. The molecular formula is C29H20ClN3O2. The van der Waals surface area contributed by atoms with Gasteiger partial charge in [-0.05, 0) is 41.5 Å². The second-order valence-electron chi connectivity index (χ2n) is 8.18. The van der Waals surface area contributed by atoms with Gasteiger partial charge in [0.1, 0.15) is 17.5 Å². The van der Waals surface area contributed by atoms with Gasteiger partial charge in [0.25, 0.3) is 0 Å². The number of ether oxygens (including phenoxy) is 1. The first-order chi connectivity index (χ1) is 17.1. The normalized spacial score (nSPS) is 17.4. The summed E-state index contributed by atoms with van der Waals surface area (Å²) in [5.74, 6) is 0.117. The molecular weight excluding hydrogens is 458 g/mol. The molecule has 1 aliphatic rings. The van der Waals surface area contributed by atoms with Crippen molar-refractivity contribution in [2.24, 2.45) is 0 Å². The van der Waals surface area contributed by atoms with E-state index in [0.717, 1.165) is 11.1 Å². The van der Waals surface area contributed by atoms with Crippen molar-refractivity contribution in [1.82, 2.24) is 0 Å². The molecule has 3 unspecified atom stereocenters. The van der Waals surface area contributed by atoms with Gasteiger partial charge in [-0.3, -0.25) is 0 Å². The molecule has 1 heterocycles. The molecule has 5 nitrogen and oxygen atoms in total. The number of rotatable bonds is 4. The first kappa shape index (κ1) is 22.3. The maximum Gasteiger partial charge on any atom is 0.203 e. The molecule has 0 spiro atoms. The Balaban J connectivity index is 1.63. The third kappa shape index (κ3) is 4.04. The SMILES string of the molecule is N#CC(c1ccccc1)c1ccc(N2C(C#N)c3ccccc3OC2c2ccccc2O)cc1Cl. The van der Waals surface area contributed by atoms with Gasteiger partial charge in [0.15, 0.2) is 0 Å². The van der Waals surface area contributed by atoms with E-state index in [-0.39, 0.29) is 5.75 Å². The molecule has 170 valence electrons. The van der Waals surface area contributed by atoms with Crippen LogP contribution in [-0.4, -0.2) is 5.11 Å².